The molecule has 1 aromatic heterocycles. The quantitative estimate of drug-likeness (QED) is 0.745. The molecule has 22 heavy (non-hydrogen) atoms. The van der Waals surface area contributed by atoms with E-state index >= 15 is 0 Å². The first-order valence-electron chi connectivity index (χ1n) is 6.81. The lowest BCUT2D eigenvalue weighted by Gasteiger charge is -2.09. The van der Waals surface area contributed by atoms with Gasteiger partial charge in [0.1, 0.15) is 5.69 Å². The third-order valence-electron chi connectivity index (χ3n) is 3.25. The summed E-state index contributed by atoms with van der Waals surface area (Å²) < 4.78 is 1.77. The Kier molecular flexibility index (Phi) is 4.25. The Morgan fingerprint density at radius 2 is 1.82 bits per heavy atom. The van der Waals surface area contributed by atoms with Gasteiger partial charge in [-0.05, 0) is 42.7 Å². The average Bonchev–Trinajstić information content (AvgIpc) is 3.06. The summed E-state index contributed by atoms with van der Waals surface area (Å²) in [6.07, 6.45) is 5.23. The Bertz CT molecular complexity index is 766. The van der Waals surface area contributed by atoms with Crippen LogP contribution < -0.4 is 5.32 Å². The van der Waals surface area contributed by atoms with Crippen LogP contribution in [0.1, 0.15) is 10.5 Å². The van der Waals surface area contributed by atoms with Gasteiger partial charge in [-0.15, -0.1) is 11.8 Å². The fourth-order valence-electron chi connectivity index (χ4n) is 2.13. The van der Waals surface area contributed by atoms with Crippen molar-refractivity contribution in [1.82, 2.24) is 9.55 Å². The molecule has 5 heteroatoms. The van der Waals surface area contributed by atoms with Gasteiger partial charge in [0.15, 0.2) is 0 Å². The topological polar surface area (TPSA) is 46.9 Å². The predicted octanol–water partition coefficient (Wildman–Crippen LogP) is 3.85. The van der Waals surface area contributed by atoms with Crippen LogP contribution in [0.3, 0.4) is 0 Å². The van der Waals surface area contributed by atoms with Crippen molar-refractivity contribution in [2.75, 3.05) is 11.6 Å². The first-order chi connectivity index (χ1) is 10.8. The van der Waals surface area contributed by atoms with Crippen LogP contribution in [0.25, 0.3) is 5.69 Å². The number of nitrogens with zero attached hydrogens (tertiary/aromatic N) is 2. The minimum atomic E-state index is -0.182. The zero-order chi connectivity index (χ0) is 15.4. The average molecular weight is 309 g/mol. The van der Waals surface area contributed by atoms with Gasteiger partial charge in [-0.2, -0.15) is 0 Å². The minimum absolute atomic E-state index is 0.182. The molecule has 0 saturated heterocycles. The molecule has 3 aromatic rings. The van der Waals surface area contributed by atoms with Crippen LogP contribution >= 0.6 is 11.8 Å². The van der Waals surface area contributed by atoms with E-state index in [1.807, 2.05) is 60.9 Å². The van der Waals surface area contributed by atoms with Crippen molar-refractivity contribution < 1.29 is 4.79 Å². The third kappa shape index (κ3) is 3.04. The molecule has 0 saturated carbocycles. The van der Waals surface area contributed by atoms with E-state index in [0.717, 1.165) is 16.3 Å². The highest BCUT2D eigenvalue weighted by Gasteiger charge is 2.13. The third-order valence-corrected chi connectivity index (χ3v) is 4.00. The monoisotopic (exact) mass is 309 g/mol. The number of thioether (sulfide) groups is 1. The highest BCUT2D eigenvalue weighted by Crippen LogP contribution is 2.18. The van der Waals surface area contributed by atoms with Crippen molar-refractivity contribution in [3.63, 3.8) is 0 Å². The maximum Gasteiger partial charge on any atom is 0.274 e. The molecule has 110 valence electrons. The first kappa shape index (κ1) is 14.4. The number of aromatic nitrogens is 2. The van der Waals surface area contributed by atoms with Crippen molar-refractivity contribution in [3.8, 4) is 5.69 Å². The zero-order valence-electron chi connectivity index (χ0n) is 12.1. The van der Waals surface area contributed by atoms with Gasteiger partial charge in [0.05, 0.1) is 12.5 Å². The highest BCUT2D eigenvalue weighted by atomic mass is 32.2. The van der Waals surface area contributed by atoms with E-state index in [2.05, 4.69) is 10.3 Å². The molecule has 1 heterocycles. The molecule has 0 bridgehead atoms. The smallest absolute Gasteiger partial charge is 0.274 e. The van der Waals surface area contributed by atoms with Crippen LogP contribution in [0.4, 0.5) is 5.69 Å². The number of anilines is 1. The van der Waals surface area contributed by atoms with Crippen LogP contribution in [0.5, 0.6) is 0 Å². The van der Waals surface area contributed by atoms with Crippen molar-refractivity contribution in [2.24, 2.45) is 0 Å². The van der Waals surface area contributed by atoms with E-state index in [0.29, 0.717) is 5.69 Å². The second kappa shape index (κ2) is 6.49. The fraction of sp³-hybridized carbons (Fsp3) is 0.0588. The molecule has 0 aliphatic rings. The lowest BCUT2D eigenvalue weighted by molar-refractivity contribution is 0.102. The Balaban J connectivity index is 1.82. The van der Waals surface area contributed by atoms with Gasteiger partial charge in [-0.1, -0.05) is 18.2 Å². The summed E-state index contributed by atoms with van der Waals surface area (Å²) in [4.78, 5) is 17.7. The van der Waals surface area contributed by atoms with Crippen LogP contribution in [0.2, 0.25) is 0 Å². The summed E-state index contributed by atoms with van der Waals surface area (Å²) in [5.74, 6) is -0.182. The molecular formula is C17H15N3OS. The molecule has 0 radical (unpaired) electrons. The second-order valence-corrected chi connectivity index (χ2v) is 5.55. The number of hydrogen-bond donors (Lipinski definition) is 1. The summed E-state index contributed by atoms with van der Waals surface area (Å²) >= 11 is 1.67. The van der Waals surface area contributed by atoms with Crippen molar-refractivity contribution >= 4 is 23.4 Å². The van der Waals surface area contributed by atoms with Crippen LogP contribution in [-0.2, 0) is 0 Å². The maximum atomic E-state index is 12.4. The number of carbonyl (C=O) groups excluding carboxylic acids is 1. The van der Waals surface area contributed by atoms with Crippen LogP contribution in [-0.4, -0.2) is 21.7 Å². The molecule has 0 fully saturated rings. The van der Waals surface area contributed by atoms with Gasteiger partial charge >= 0.3 is 0 Å². The molecule has 0 aliphatic carbocycles. The molecular weight excluding hydrogens is 294 g/mol. The Hall–Kier alpha value is -2.53. The molecule has 0 atom stereocenters. The van der Waals surface area contributed by atoms with E-state index in [1.54, 1.807) is 28.9 Å². The van der Waals surface area contributed by atoms with Gasteiger partial charge in [0.2, 0.25) is 0 Å². The fourth-order valence-corrected chi connectivity index (χ4v) is 2.54. The Morgan fingerprint density at radius 1 is 1.09 bits per heavy atom. The number of imidazole rings is 1. The molecule has 1 N–H and O–H groups in total. The van der Waals surface area contributed by atoms with Gasteiger partial charge in [0.25, 0.3) is 5.91 Å². The summed E-state index contributed by atoms with van der Waals surface area (Å²) in [5.41, 5.74) is 2.17. The summed E-state index contributed by atoms with van der Waals surface area (Å²) in [6, 6.07) is 17.4. The second-order valence-electron chi connectivity index (χ2n) is 4.67. The lowest BCUT2D eigenvalue weighted by Crippen LogP contribution is -2.15. The summed E-state index contributed by atoms with van der Waals surface area (Å²) in [6.45, 7) is 0. The largest absolute Gasteiger partial charge is 0.321 e. The van der Waals surface area contributed by atoms with E-state index in [9.17, 15) is 4.79 Å². The molecule has 1 amide bonds. The summed E-state index contributed by atoms with van der Waals surface area (Å²) in [7, 11) is 0. The van der Waals surface area contributed by atoms with Gasteiger partial charge < -0.3 is 5.32 Å². The molecule has 3 rings (SSSR count). The van der Waals surface area contributed by atoms with Gasteiger partial charge in [-0.25, -0.2) is 4.98 Å². The van der Waals surface area contributed by atoms with Crippen LogP contribution in [0.15, 0.2) is 72.0 Å². The van der Waals surface area contributed by atoms with Crippen molar-refractivity contribution in [2.45, 2.75) is 4.90 Å². The molecule has 2 aromatic carbocycles. The molecule has 0 unspecified atom stereocenters. The van der Waals surface area contributed by atoms with Crippen LogP contribution in [0, 0.1) is 0 Å². The number of benzene rings is 2. The minimum Gasteiger partial charge on any atom is -0.321 e. The van der Waals surface area contributed by atoms with E-state index in [-0.39, 0.29) is 5.91 Å². The molecule has 4 nitrogen and oxygen atoms in total. The maximum absolute atomic E-state index is 12.4. The number of rotatable bonds is 4. The van der Waals surface area contributed by atoms with E-state index in [1.165, 1.54) is 0 Å². The van der Waals surface area contributed by atoms with E-state index in [4.69, 9.17) is 0 Å². The first-order valence-corrected chi connectivity index (χ1v) is 8.03. The van der Waals surface area contributed by atoms with Gasteiger partial charge in [0, 0.05) is 16.3 Å². The number of hydrogen-bond acceptors (Lipinski definition) is 3. The zero-order valence-corrected chi connectivity index (χ0v) is 12.9. The number of amides is 1. The number of carbonyl (C=O) groups is 1. The lowest BCUT2D eigenvalue weighted by atomic mass is 10.3. The highest BCUT2D eigenvalue weighted by molar-refractivity contribution is 7.98. The number of nitrogens with one attached hydrogen (secondary N) is 1. The van der Waals surface area contributed by atoms with E-state index < -0.39 is 0 Å². The standard InChI is InChI=1S/C17H15N3OS/c1-22-15-9-7-13(8-10-15)19-17(21)16-11-18-12-20(16)14-5-3-2-4-6-14/h2-12H,1H3,(H,19,21). The predicted molar refractivity (Wildman–Crippen MR) is 89.7 cm³/mol. The summed E-state index contributed by atoms with van der Waals surface area (Å²) in [5, 5.41) is 2.90. The number of para-hydroxylation sites is 1. The molecule has 0 spiro atoms. The molecule has 0 aliphatic heterocycles. The van der Waals surface area contributed by atoms with Gasteiger partial charge in [-0.3, -0.25) is 9.36 Å². The van der Waals surface area contributed by atoms with Crippen molar-refractivity contribution in [3.05, 3.63) is 72.8 Å². The SMILES string of the molecule is CSc1ccc(NC(=O)c2cncn2-c2ccccc2)cc1. The Labute approximate surface area is 133 Å². The Morgan fingerprint density at radius 3 is 2.50 bits per heavy atom. The normalized spacial score (nSPS) is 10.4. The van der Waals surface area contributed by atoms with Crippen molar-refractivity contribution in [1.29, 1.82) is 0 Å².